The largest absolute Gasteiger partial charge is 0.496 e. The number of ether oxygens (including phenoxy) is 1. The second-order valence-electron chi connectivity index (χ2n) is 7.24. The van der Waals surface area contributed by atoms with Crippen LogP contribution in [-0.2, 0) is 14.6 Å². The molecule has 1 atom stereocenters. The van der Waals surface area contributed by atoms with Crippen molar-refractivity contribution in [2.24, 2.45) is 0 Å². The summed E-state index contributed by atoms with van der Waals surface area (Å²) in [6.45, 7) is 2.20. The van der Waals surface area contributed by atoms with Crippen molar-refractivity contribution in [3.8, 4) is 5.75 Å². The number of hydrogen-bond donors (Lipinski definition) is 1. The molecule has 1 N–H and O–H groups in total. The third-order valence-corrected chi connectivity index (χ3v) is 6.45. The number of halogens is 1. The van der Waals surface area contributed by atoms with Gasteiger partial charge in [0, 0.05) is 23.5 Å². The van der Waals surface area contributed by atoms with Crippen molar-refractivity contribution >= 4 is 38.9 Å². The van der Waals surface area contributed by atoms with Gasteiger partial charge in [0.1, 0.15) is 11.8 Å². The van der Waals surface area contributed by atoms with Crippen molar-refractivity contribution in [1.29, 1.82) is 0 Å². The lowest BCUT2D eigenvalue weighted by atomic mass is 10.1. The zero-order valence-electron chi connectivity index (χ0n) is 16.9. The summed E-state index contributed by atoms with van der Waals surface area (Å²) >= 11 is 6.05. The lowest BCUT2D eigenvalue weighted by Crippen LogP contribution is -2.43. The number of nitrogens with zero attached hydrogens (tertiary/aromatic N) is 1. The van der Waals surface area contributed by atoms with Crippen LogP contribution in [0.1, 0.15) is 28.8 Å². The first kappa shape index (κ1) is 22.1. The summed E-state index contributed by atoms with van der Waals surface area (Å²) in [5.74, 6) is -0.323. The zero-order chi connectivity index (χ0) is 22.1. The molecule has 2 amide bonds. The van der Waals surface area contributed by atoms with Crippen LogP contribution in [0.3, 0.4) is 0 Å². The van der Waals surface area contributed by atoms with Gasteiger partial charge in [-0.2, -0.15) is 0 Å². The van der Waals surface area contributed by atoms with Crippen LogP contribution in [0.5, 0.6) is 5.75 Å². The number of carbonyl (C=O) groups excluding carboxylic acids is 2. The Morgan fingerprint density at radius 3 is 2.60 bits per heavy atom. The second-order valence-corrected chi connectivity index (χ2v) is 9.69. The minimum absolute atomic E-state index is 0.117. The van der Waals surface area contributed by atoms with E-state index < -0.39 is 15.9 Å². The van der Waals surface area contributed by atoms with E-state index in [4.69, 9.17) is 16.3 Å². The molecule has 1 unspecified atom stereocenters. The van der Waals surface area contributed by atoms with Gasteiger partial charge in [-0.15, -0.1) is 0 Å². The van der Waals surface area contributed by atoms with E-state index in [0.29, 0.717) is 41.4 Å². The Kier molecular flexibility index (Phi) is 6.38. The van der Waals surface area contributed by atoms with Crippen molar-refractivity contribution in [2.75, 3.05) is 25.2 Å². The Morgan fingerprint density at radius 1 is 1.20 bits per heavy atom. The van der Waals surface area contributed by atoms with Crippen LogP contribution in [0.4, 0.5) is 5.69 Å². The first-order chi connectivity index (χ1) is 14.1. The van der Waals surface area contributed by atoms with E-state index in [9.17, 15) is 18.0 Å². The van der Waals surface area contributed by atoms with E-state index in [1.807, 2.05) is 0 Å². The second kappa shape index (κ2) is 8.65. The highest BCUT2D eigenvalue weighted by molar-refractivity contribution is 7.90. The molecule has 0 radical (unpaired) electrons. The van der Waals surface area contributed by atoms with Gasteiger partial charge in [0.2, 0.25) is 5.91 Å². The molecule has 2 aromatic carbocycles. The summed E-state index contributed by atoms with van der Waals surface area (Å²) in [5.41, 5.74) is 1.42. The van der Waals surface area contributed by atoms with Crippen molar-refractivity contribution in [2.45, 2.75) is 30.7 Å². The molecule has 2 aromatic rings. The van der Waals surface area contributed by atoms with Crippen LogP contribution < -0.4 is 10.1 Å². The molecular weight excluding hydrogens is 428 g/mol. The standard InChI is InChI=1S/C21H23ClN2O5S/c1-13-6-8-15(30(3,27)28)12-17(13)23-20(25)18-5-4-10-24(18)21(26)16-11-14(22)7-9-19(16)29-2/h6-9,11-12,18H,4-5,10H2,1-3H3,(H,23,25). The zero-order valence-corrected chi connectivity index (χ0v) is 18.5. The fraction of sp³-hybridized carbons (Fsp3) is 0.333. The maximum absolute atomic E-state index is 13.1. The number of anilines is 1. The molecule has 7 nitrogen and oxygen atoms in total. The van der Waals surface area contributed by atoms with Crippen molar-refractivity contribution in [1.82, 2.24) is 4.90 Å². The van der Waals surface area contributed by atoms with Gasteiger partial charge in [0.15, 0.2) is 9.84 Å². The van der Waals surface area contributed by atoms with Gasteiger partial charge in [-0.25, -0.2) is 8.42 Å². The number of aryl methyl sites for hydroxylation is 1. The number of carbonyl (C=O) groups is 2. The SMILES string of the molecule is COc1ccc(Cl)cc1C(=O)N1CCCC1C(=O)Nc1cc(S(C)(=O)=O)ccc1C. The van der Waals surface area contributed by atoms with Crippen LogP contribution in [0.25, 0.3) is 0 Å². The molecule has 1 heterocycles. The lowest BCUT2D eigenvalue weighted by molar-refractivity contribution is -0.119. The molecule has 0 aliphatic carbocycles. The third kappa shape index (κ3) is 4.60. The number of amides is 2. The van der Waals surface area contributed by atoms with Crippen LogP contribution in [-0.4, -0.2) is 51.1 Å². The van der Waals surface area contributed by atoms with Crippen molar-refractivity contribution in [3.05, 3.63) is 52.5 Å². The number of likely N-dealkylation sites (tertiary alicyclic amines) is 1. The Labute approximate surface area is 180 Å². The van der Waals surface area contributed by atoms with Gasteiger partial charge in [0.05, 0.1) is 17.6 Å². The minimum atomic E-state index is -3.41. The monoisotopic (exact) mass is 450 g/mol. The highest BCUT2D eigenvalue weighted by Gasteiger charge is 2.35. The molecule has 0 spiro atoms. The van der Waals surface area contributed by atoms with Gasteiger partial charge in [-0.1, -0.05) is 17.7 Å². The van der Waals surface area contributed by atoms with Gasteiger partial charge in [0.25, 0.3) is 5.91 Å². The highest BCUT2D eigenvalue weighted by atomic mass is 35.5. The summed E-state index contributed by atoms with van der Waals surface area (Å²) < 4.78 is 28.9. The molecule has 0 aromatic heterocycles. The Morgan fingerprint density at radius 2 is 1.93 bits per heavy atom. The number of nitrogens with one attached hydrogen (secondary N) is 1. The van der Waals surface area contributed by atoms with Gasteiger partial charge in [-0.3, -0.25) is 9.59 Å². The average molecular weight is 451 g/mol. The molecule has 1 saturated heterocycles. The molecule has 1 fully saturated rings. The highest BCUT2D eigenvalue weighted by Crippen LogP contribution is 2.29. The smallest absolute Gasteiger partial charge is 0.258 e. The number of rotatable bonds is 5. The number of methoxy groups -OCH3 is 1. The summed E-state index contributed by atoms with van der Waals surface area (Å²) in [4.78, 5) is 27.7. The molecule has 1 aliphatic rings. The maximum Gasteiger partial charge on any atom is 0.258 e. The van der Waals surface area contributed by atoms with E-state index in [0.717, 1.165) is 11.8 Å². The summed E-state index contributed by atoms with van der Waals surface area (Å²) in [5, 5.41) is 3.18. The van der Waals surface area contributed by atoms with Crippen LogP contribution >= 0.6 is 11.6 Å². The minimum Gasteiger partial charge on any atom is -0.496 e. The number of hydrogen-bond acceptors (Lipinski definition) is 5. The molecule has 1 aliphatic heterocycles. The molecule has 9 heteroatoms. The average Bonchev–Trinajstić information content (AvgIpc) is 3.18. The summed E-state index contributed by atoms with van der Waals surface area (Å²) in [6, 6.07) is 8.66. The van der Waals surface area contributed by atoms with Gasteiger partial charge in [-0.05, 0) is 55.7 Å². The Hall–Kier alpha value is -2.58. The third-order valence-electron chi connectivity index (χ3n) is 5.10. The molecular formula is C21H23ClN2O5S. The normalized spacial score (nSPS) is 16.4. The summed E-state index contributed by atoms with van der Waals surface area (Å²) in [7, 11) is -1.95. The van der Waals surface area contributed by atoms with E-state index in [1.165, 1.54) is 30.2 Å². The van der Waals surface area contributed by atoms with Crippen molar-refractivity contribution < 1.29 is 22.7 Å². The van der Waals surface area contributed by atoms with E-state index >= 15 is 0 Å². The molecule has 0 saturated carbocycles. The Bertz CT molecular complexity index is 1100. The van der Waals surface area contributed by atoms with E-state index in [1.54, 1.807) is 25.1 Å². The van der Waals surface area contributed by atoms with Crippen LogP contribution in [0.15, 0.2) is 41.3 Å². The fourth-order valence-electron chi connectivity index (χ4n) is 3.47. The molecule has 160 valence electrons. The van der Waals surface area contributed by atoms with E-state index in [-0.39, 0.29) is 16.7 Å². The van der Waals surface area contributed by atoms with Crippen LogP contribution in [0.2, 0.25) is 5.02 Å². The van der Waals surface area contributed by atoms with Crippen LogP contribution in [0, 0.1) is 6.92 Å². The quantitative estimate of drug-likeness (QED) is 0.754. The summed E-state index contributed by atoms with van der Waals surface area (Å²) in [6.07, 6.45) is 2.29. The number of benzene rings is 2. The Balaban J connectivity index is 1.85. The molecule has 0 bridgehead atoms. The van der Waals surface area contributed by atoms with Crippen molar-refractivity contribution in [3.63, 3.8) is 0 Å². The number of sulfone groups is 1. The molecule has 3 rings (SSSR count). The first-order valence-corrected chi connectivity index (χ1v) is 11.6. The predicted octanol–water partition coefficient (Wildman–Crippen LogP) is 3.30. The molecule has 30 heavy (non-hydrogen) atoms. The maximum atomic E-state index is 13.1. The van der Waals surface area contributed by atoms with Gasteiger partial charge < -0.3 is 15.0 Å². The van der Waals surface area contributed by atoms with E-state index in [2.05, 4.69) is 5.32 Å². The van der Waals surface area contributed by atoms with Gasteiger partial charge >= 0.3 is 0 Å². The topological polar surface area (TPSA) is 92.8 Å². The lowest BCUT2D eigenvalue weighted by Gasteiger charge is -2.25. The first-order valence-electron chi connectivity index (χ1n) is 9.38. The predicted molar refractivity (Wildman–Crippen MR) is 115 cm³/mol. The fourth-order valence-corrected chi connectivity index (χ4v) is 4.29.